The molecule has 7 heteroatoms. The molecule has 0 aliphatic heterocycles. The number of benzene rings is 2. The smallest absolute Gasteiger partial charge is 0.261 e. The van der Waals surface area contributed by atoms with E-state index in [1.165, 1.54) is 0 Å². The van der Waals surface area contributed by atoms with Crippen LogP contribution >= 0.6 is 27.5 Å². The number of hydrogen-bond acceptors (Lipinski definition) is 3. The molecule has 0 aliphatic carbocycles. The van der Waals surface area contributed by atoms with Gasteiger partial charge < -0.3 is 15.0 Å². The van der Waals surface area contributed by atoms with Crippen molar-refractivity contribution in [3.63, 3.8) is 0 Å². The average Bonchev–Trinajstić information content (AvgIpc) is 2.74. The molecular formula is C24H30BrClN2O3. The minimum atomic E-state index is -0.549. The Morgan fingerprint density at radius 2 is 1.87 bits per heavy atom. The molecular weight excluding hydrogens is 480 g/mol. The molecule has 0 heterocycles. The van der Waals surface area contributed by atoms with E-state index < -0.39 is 6.04 Å². The third kappa shape index (κ3) is 8.19. The maximum Gasteiger partial charge on any atom is 0.261 e. The summed E-state index contributed by atoms with van der Waals surface area (Å²) in [5.41, 5.74) is 1.11. The van der Waals surface area contributed by atoms with Crippen LogP contribution in [0.15, 0.2) is 53.0 Å². The Morgan fingerprint density at radius 1 is 1.16 bits per heavy atom. The van der Waals surface area contributed by atoms with E-state index in [0.717, 1.165) is 5.56 Å². The van der Waals surface area contributed by atoms with E-state index in [4.69, 9.17) is 16.3 Å². The van der Waals surface area contributed by atoms with Gasteiger partial charge in [0, 0.05) is 18.1 Å². The van der Waals surface area contributed by atoms with Crippen LogP contribution in [0.1, 0.15) is 32.8 Å². The zero-order chi connectivity index (χ0) is 22.8. The minimum absolute atomic E-state index is 0.134. The molecule has 2 aromatic carbocycles. The molecule has 1 atom stereocenters. The standard InChI is InChI=1S/C24H30BrClN2O3/c1-4-21(24(30)27-15-17(2)3)28(13-12-18-8-6-5-7-9-18)23(29)16-31-22-11-10-19(26)14-20(22)25/h5-11,14,17,21H,4,12-13,15-16H2,1-3H3,(H,27,30). The van der Waals surface area contributed by atoms with Crippen LogP contribution in [-0.2, 0) is 16.0 Å². The van der Waals surface area contributed by atoms with Gasteiger partial charge in [0.15, 0.2) is 6.61 Å². The van der Waals surface area contributed by atoms with Gasteiger partial charge in [-0.15, -0.1) is 0 Å². The third-order valence-corrected chi connectivity index (χ3v) is 5.65. The van der Waals surface area contributed by atoms with Crippen LogP contribution in [0.25, 0.3) is 0 Å². The van der Waals surface area contributed by atoms with Crippen molar-refractivity contribution in [2.24, 2.45) is 5.92 Å². The molecule has 0 spiro atoms. The van der Waals surface area contributed by atoms with Gasteiger partial charge >= 0.3 is 0 Å². The molecule has 2 amide bonds. The molecule has 168 valence electrons. The van der Waals surface area contributed by atoms with Crippen LogP contribution in [0.3, 0.4) is 0 Å². The van der Waals surface area contributed by atoms with E-state index in [2.05, 4.69) is 21.2 Å². The monoisotopic (exact) mass is 508 g/mol. The SMILES string of the molecule is CCC(C(=O)NCC(C)C)N(CCc1ccccc1)C(=O)COc1ccc(Cl)cc1Br. The number of nitrogens with zero attached hydrogens (tertiary/aromatic N) is 1. The Balaban J connectivity index is 2.13. The molecule has 5 nitrogen and oxygen atoms in total. The minimum Gasteiger partial charge on any atom is -0.483 e. The molecule has 31 heavy (non-hydrogen) atoms. The van der Waals surface area contributed by atoms with Crippen molar-refractivity contribution in [1.82, 2.24) is 10.2 Å². The molecule has 1 N–H and O–H groups in total. The molecule has 0 radical (unpaired) electrons. The molecule has 1 unspecified atom stereocenters. The van der Waals surface area contributed by atoms with E-state index in [-0.39, 0.29) is 18.4 Å². The highest BCUT2D eigenvalue weighted by molar-refractivity contribution is 9.10. The molecule has 0 bridgehead atoms. The first kappa shape index (κ1) is 25.2. The molecule has 0 saturated carbocycles. The van der Waals surface area contributed by atoms with Crippen molar-refractivity contribution >= 4 is 39.3 Å². The van der Waals surface area contributed by atoms with E-state index in [9.17, 15) is 9.59 Å². The van der Waals surface area contributed by atoms with Crippen molar-refractivity contribution in [1.29, 1.82) is 0 Å². The summed E-state index contributed by atoms with van der Waals surface area (Å²) < 4.78 is 6.40. The van der Waals surface area contributed by atoms with Crippen LogP contribution in [-0.4, -0.2) is 42.5 Å². The lowest BCUT2D eigenvalue weighted by Crippen LogP contribution is -2.51. The average molecular weight is 510 g/mol. The summed E-state index contributed by atoms with van der Waals surface area (Å²) in [5.74, 6) is 0.494. The summed E-state index contributed by atoms with van der Waals surface area (Å²) in [6.07, 6.45) is 1.18. The van der Waals surface area contributed by atoms with Crippen molar-refractivity contribution < 1.29 is 14.3 Å². The molecule has 2 aromatic rings. The second-order valence-electron chi connectivity index (χ2n) is 7.75. The fraction of sp³-hybridized carbons (Fsp3) is 0.417. The zero-order valence-corrected chi connectivity index (χ0v) is 20.6. The van der Waals surface area contributed by atoms with Gasteiger partial charge in [-0.1, -0.05) is 62.7 Å². The summed E-state index contributed by atoms with van der Waals surface area (Å²) in [6, 6.07) is 14.5. The number of rotatable bonds is 11. The van der Waals surface area contributed by atoms with E-state index in [1.807, 2.05) is 51.1 Å². The maximum atomic E-state index is 13.1. The summed E-state index contributed by atoms with van der Waals surface area (Å²) in [6.45, 7) is 6.84. The van der Waals surface area contributed by atoms with Crippen LogP contribution in [0.2, 0.25) is 5.02 Å². The highest BCUT2D eigenvalue weighted by atomic mass is 79.9. The second kappa shape index (κ2) is 12.7. The van der Waals surface area contributed by atoms with Gasteiger partial charge in [0.1, 0.15) is 11.8 Å². The first-order valence-corrected chi connectivity index (χ1v) is 11.7. The summed E-state index contributed by atoms with van der Waals surface area (Å²) >= 11 is 9.37. The van der Waals surface area contributed by atoms with Crippen LogP contribution in [0.5, 0.6) is 5.75 Å². The van der Waals surface area contributed by atoms with Crippen molar-refractivity contribution in [3.05, 3.63) is 63.6 Å². The quantitative estimate of drug-likeness (QED) is 0.458. The summed E-state index contributed by atoms with van der Waals surface area (Å²) in [7, 11) is 0. The number of hydrogen-bond donors (Lipinski definition) is 1. The molecule has 0 aromatic heterocycles. The number of carbonyl (C=O) groups is 2. The van der Waals surface area contributed by atoms with Crippen LogP contribution < -0.4 is 10.1 Å². The predicted octanol–water partition coefficient (Wildman–Crippen LogP) is 5.10. The summed E-state index contributed by atoms with van der Waals surface area (Å²) in [5, 5.41) is 3.53. The topological polar surface area (TPSA) is 58.6 Å². The number of amides is 2. The lowest BCUT2D eigenvalue weighted by atomic mass is 10.1. The van der Waals surface area contributed by atoms with Gasteiger partial charge in [0.2, 0.25) is 5.91 Å². The number of halogens is 2. The maximum absolute atomic E-state index is 13.1. The second-order valence-corrected chi connectivity index (χ2v) is 9.04. The molecule has 2 rings (SSSR count). The predicted molar refractivity (Wildman–Crippen MR) is 128 cm³/mol. The van der Waals surface area contributed by atoms with Gasteiger partial charge in [-0.25, -0.2) is 0 Å². The number of nitrogens with one attached hydrogen (secondary N) is 1. The Kier molecular flexibility index (Phi) is 10.3. The number of ether oxygens (including phenoxy) is 1. The number of carbonyl (C=O) groups excluding carboxylic acids is 2. The summed E-state index contributed by atoms with van der Waals surface area (Å²) in [4.78, 5) is 27.6. The van der Waals surface area contributed by atoms with E-state index in [1.54, 1.807) is 23.1 Å². The van der Waals surface area contributed by atoms with E-state index in [0.29, 0.717) is 47.1 Å². The van der Waals surface area contributed by atoms with Gasteiger partial charge in [0.05, 0.1) is 4.47 Å². The molecule has 0 aliphatic rings. The third-order valence-electron chi connectivity index (χ3n) is 4.80. The van der Waals surface area contributed by atoms with Crippen molar-refractivity contribution in [2.45, 2.75) is 39.7 Å². The Labute approximate surface area is 198 Å². The first-order valence-electron chi connectivity index (χ1n) is 10.5. The lowest BCUT2D eigenvalue weighted by Gasteiger charge is -2.30. The van der Waals surface area contributed by atoms with E-state index >= 15 is 0 Å². The zero-order valence-electron chi connectivity index (χ0n) is 18.2. The van der Waals surface area contributed by atoms with Crippen LogP contribution in [0.4, 0.5) is 0 Å². The van der Waals surface area contributed by atoms with Gasteiger partial charge in [0.25, 0.3) is 5.91 Å². The molecule has 0 saturated heterocycles. The van der Waals surface area contributed by atoms with Crippen LogP contribution in [0, 0.1) is 5.92 Å². The fourth-order valence-corrected chi connectivity index (χ4v) is 3.93. The van der Waals surface area contributed by atoms with Gasteiger partial charge in [-0.2, -0.15) is 0 Å². The Morgan fingerprint density at radius 3 is 2.48 bits per heavy atom. The van der Waals surface area contributed by atoms with Gasteiger partial charge in [-0.05, 0) is 58.5 Å². The van der Waals surface area contributed by atoms with Crippen molar-refractivity contribution in [3.8, 4) is 5.75 Å². The molecule has 0 fully saturated rings. The Hall–Kier alpha value is -2.05. The highest BCUT2D eigenvalue weighted by Gasteiger charge is 2.28. The highest BCUT2D eigenvalue weighted by Crippen LogP contribution is 2.28. The first-order chi connectivity index (χ1) is 14.8. The normalized spacial score (nSPS) is 11.8. The van der Waals surface area contributed by atoms with Crippen molar-refractivity contribution in [2.75, 3.05) is 19.7 Å². The fourth-order valence-electron chi connectivity index (χ4n) is 3.13. The Bertz CT molecular complexity index is 861. The van der Waals surface area contributed by atoms with Gasteiger partial charge in [-0.3, -0.25) is 9.59 Å². The lowest BCUT2D eigenvalue weighted by molar-refractivity contribution is -0.142. The largest absolute Gasteiger partial charge is 0.483 e.